The molecule has 2 rings (SSSR count). The summed E-state index contributed by atoms with van der Waals surface area (Å²) < 4.78 is 5.40. The van der Waals surface area contributed by atoms with Gasteiger partial charge in [0.1, 0.15) is 5.75 Å². The average molecular weight is 284 g/mol. The molecule has 0 aromatic heterocycles. The van der Waals surface area contributed by atoms with E-state index < -0.39 is 0 Å². The molecule has 110 valence electrons. The molecular formula is C17H20N2O2. The minimum Gasteiger partial charge on any atom is -0.494 e. The van der Waals surface area contributed by atoms with Crippen LogP contribution < -0.4 is 15.8 Å². The molecule has 0 fully saturated rings. The van der Waals surface area contributed by atoms with Gasteiger partial charge in [-0.3, -0.25) is 4.79 Å². The van der Waals surface area contributed by atoms with Crippen molar-refractivity contribution in [3.05, 3.63) is 53.1 Å². The van der Waals surface area contributed by atoms with Crippen molar-refractivity contribution in [2.45, 2.75) is 20.8 Å². The summed E-state index contributed by atoms with van der Waals surface area (Å²) in [6, 6.07) is 10.8. The number of carbonyl (C=O) groups is 1. The van der Waals surface area contributed by atoms with E-state index >= 15 is 0 Å². The van der Waals surface area contributed by atoms with Crippen molar-refractivity contribution in [2.75, 3.05) is 17.7 Å². The van der Waals surface area contributed by atoms with Gasteiger partial charge in [0.2, 0.25) is 0 Å². The summed E-state index contributed by atoms with van der Waals surface area (Å²) in [7, 11) is 0. The van der Waals surface area contributed by atoms with Gasteiger partial charge in [-0.15, -0.1) is 0 Å². The summed E-state index contributed by atoms with van der Waals surface area (Å²) in [5.74, 6) is 0.397. The van der Waals surface area contributed by atoms with Gasteiger partial charge in [0, 0.05) is 23.0 Å². The fourth-order valence-electron chi connectivity index (χ4n) is 2.03. The highest BCUT2D eigenvalue weighted by atomic mass is 16.5. The van der Waals surface area contributed by atoms with Crippen molar-refractivity contribution in [1.29, 1.82) is 0 Å². The molecule has 0 aliphatic carbocycles. The maximum atomic E-state index is 12.3. The van der Waals surface area contributed by atoms with Crippen molar-refractivity contribution < 1.29 is 9.53 Å². The van der Waals surface area contributed by atoms with Crippen molar-refractivity contribution >= 4 is 17.3 Å². The van der Waals surface area contributed by atoms with Crippen molar-refractivity contribution in [2.24, 2.45) is 0 Å². The van der Waals surface area contributed by atoms with Crippen LogP contribution in [0.3, 0.4) is 0 Å². The number of anilines is 2. The van der Waals surface area contributed by atoms with E-state index in [0.717, 1.165) is 11.3 Å². The average Bonchev–Trinajstić information content (AvgIpc) is 2.42. The minimum absolute atomic E-state index is 0.202. The summed E-state index contributed by atoms with van der Waals surface area (Å²) in [5.41, 5.74) is 9.89. The molecule has 21 heavy (non-hydrogen) atoms. The van der Waals surface area contributed by atoms with Gasteiger partial charge in [0.05, 0.1) is 6.61 Å². The highest BCUT2D eigenvalue weighted by molar-refractivity contribution is 6.05. The number of nitrogens with one attached hydrogen (secondary N) is 1. The van der Waals surface area contributed by atoms with Crippen molar-refractivity contribution in [1.82, 2.24) is 0 Å². The van der Waals surface area contributed by atoms with Gasteiger partial charge in [-0.2, -0.15) is 0 Å². The molecule has 0 bridgehead atoms. The van der Waals surface area contributed by atoms with Crippen molar-refractivity contribution in [3.8, 4) is 5.75 Å². The second kappa shape index (κ2) is 6.31. The lowest BCUT2D eigenvalue weighted by atomic mass is 10.1. The lowest BCUT2D eigenvalue weighted by Gasteiger charge is -2.10. The number of rotatable bonds is 4. The monoisotopic (exact) mass is 284 g/mol. The Morgan fingerprint density at radius 3 is 2.57 bits per heavy atom. The Morgan fingerprint density at radius 1 is 1.14 bits per heavy atom. The second-order valence-electron chi connectivity index (χ2n) is 4.98. The van der Waals surface area contributed by atoms with Crippen molar-refractivity contribution in [3.63, 3.8) is 0 Å². The Bertz CT molecular complexity index is 666. The zero-order valence-corrected chi connectivity index (χ0v) is 12.6. The topological polar surface area (TPSA) is 64.3 Å². The molecule has 1 amide bonds. The van der Waals surface area contributed by atoms with Crippen LogP contribution in [0.2, 0.25) is 0 Å². The van der Waals surface area contributed by atoms with Gasteiger partial charge in [0.15, 0.2) is 0 Å². The third-order valence-corrected chi connectivity index (χ3v) is 3.27. The number of hydrogen-bond acceptors (Lipinski definition) is 3. The first-order chi connectivity index (χ1) is 9.99. The van der Waals surface area contributed by atoms with Gasteiger partial charge in [0.25, 0.3) is 5.91 Å². The third-order valence-electron chi connectivity index (χ3n) is 3.27. The second-order valence-corrected chi connectivity index (χ2v) is 4.98. The van der Waals surface area contributed by atoms with E-state index in [-0.39, 0.29) is 5.91 Å². The molecule has 4 heteroatoms. The smallest absolute Gasteiger partial charge is 0.255 e. The molecule has 0 spiro atoms. The number of aryl methyl sites for hydroxylation is 2. The number of nitrogens with two attached hydrogens (primary N) is 1. The van der Waals surface area contributed by atoms with E-state index in [4.69, 9.17) is 10.5 Å². The van der Waals surface area contributed by atoms with Crippen LogP contribution in [0, 0.1) is 13.8 Å². The van der Waals surface area contributed by atoms with Crippen LogP contribution in [0.25, 0.3) is 0 Å². The number of hydrogen-bond donors (Lipinski definition) is 2. The van der Waals surface area contributed by atoms with Crippen LogP contribution in [0.4, 0.5) is 11.4 Å². The standard InChI is InChI=1S/C17H20N2O2/c1-4-21-16-9-13(8-14(18)10-16)17(20)19-15-6-5-11(2)12(3)7-15/h5-10H,4,18H2,1-3H3,(H,19,20). The van der Waals surface area contributed by atoms with Crippen LogP contribution in [0.1, 0.15) is 28.4 Å². The maximum Gasteiger partial charge on any atom is 0.255 e. The van der Waals surface area contributed by atoms with E-state index in [0.29, 0.717) is 23.6 Å². The first kappa shape index (κ1) is 14.9. The molecule has 2 aromatic rings. The van der Waals surface area contributed by atoms with E-state index in [2.05, 4.69) is 5.32 Å². The first-order valence-electron chi connectivity index (χ1n) is 6.91. The molecule has 2 aromatic carbocycles. The summed E-state index contributed by atoms with van der Waals surface area (Å²) >= 11 is 0. The van der Waals surface area contributed by atoms with Crippen LogP contribution in [0.15, 0.2) is 36.4 Å². The van der Waals surface area contributed by atoms with Crippen LogP contribution in [-0.2, 0) is 0 Å². The lowest BCUT2D eigenvalue weighted by molar-refractivity contribution is 0.102. The van der Waals surface area contributed by atoms with Gasteiger partial charge >= 0.3 is 0 Å². The molecule has 0 atom stereocenters. The number of benzene rings is 2. The van der Waals surface area contributed by atoms with Gasteiger partial charge in [-0.1, -0.05) is 6.07 Å². The molecule has 0 saturated heterocycles. The fraction of sp³-hybridized carbons (Fsp3) is 0.235. The van der Waals surface area contributed by atoms with E-state index in [9.17, 15) is 4.79 Å². The maximum absolute atomic E-state index is 12.3. The molecule has 3 N–H and O–H groups in total. The number of ether oxygens (including phenoxy) is 1. The fourth-order valence-corrected chi connectivity index (χ4v) is 2.03. The number of carbonyl (C=O) groups excluding carboxylic acids is 1. The molecule has 0 aliphatic heterocycles. The number of amides is 1. The molecule has 0 unspecified atom stereocenters. The van der Waals surface area contributed by atoms with Gasteiger partial charge in [-0.25, -0.2) is 0 Å². The molecule has 0 aliphatic rings. The first-order valence-corrected chi connectivity index (χ1v) is 6.91. The Balaban J connectivity index is 2.21. The normalized spacial score (nSPS) is 10.2. The van der Waals surface area contributed by atoms with E-state index in [1.54, 1.807) is 18.2 Å². The SMILES string of the molecule is CCOc1cc(N)cc(C(=O)Nc2ccc(C)c(C)c2)c1. The molecule has 0 saturated carbocycles. The zero-order chi connectivity index (χ0) is 15.4. The van der Waals surface area contributed by atoms with Crippen LogP contribution in [-0.4, -0.2) is 12.5 Å². The van der Waals surface area contributed by atoms with E-state index in [1.807, 2.05) is 39.0 Å². The Hall–Kier alpha value is -2.49. The highest BCUT2D eigenvalue weighted by Gasteiger charge is 2.09. The van der Waals surface area contributed by atoms with Gasteiger partial charge < -0.3 is 15.8 Å². The lowest BCUT2D eigenvalue weighted by Crippen LogP contribution is -2.12. The Morgan fingerprint density at radius 2 is 1.90 bits per heavy atom. The third kappa shape index (κ3) is 3.75. The highest BCUT2D eigenvalue weighted by Crippen LogP contribution is 2.21. The predicted octanol–water partition coefficient (Wildman–Crippen LogP) is 3.54. The quantitative estimate of drug-likeness (QED) is 0.844. The van der Waals surface area contributed by atoms with E-state index in [1.165, 1.54) is 5.56 Å². The summed E-state index contributed by atoms with van der Waals surface area (Å²) in [4.78, 5) is 12.3. The molecule has 0 heterocycles. The molecule has 0 radical (unpaired) electrons. The summed E-state index contributed by atoms with van der Waals surface area (Å²) in [6.07, 6.45) is 0. The zero-order valence-electron chi connectivity index (χ0n) is 12.6. The molecular weight excluding hydrogens is 264 g/mol. The Labute approximate surface area is 124 Å². The predicted molar refractivity (Wildman–Crippen MR) is 85.9 cm³/mol. The van der Waals surface area contributed by atoms with Crippen LogP contribution in [0.5, 0.6) is 5.75 Å². The summed E-state index contributed by atoms with van der Waals surface area (Å²) in [5, 5.41) is 2.87. The van der Waals surface area contributed by atoms with Crippen LogP contribution >= 0.6 is 0 Å². The Kier molecular flexibility index (Phi) is 4.48. The number of nitrogen functional groups attached to an aromatic ring is 1. The molecule has 4 nitrogen and oxygen atoms in total. The summed E-state index contributed by atoms with van der Waals surface area (Å²) in [6.45, 7) is 6.46. The largest absolute Gasteiger partial charge is 0.494 e. The minimum atomic E-state index is -0.202. The van der Waals surface area contributed by atoms with Gasteiger partial charge in [-0.05, 0) is 56.2 Å².